The Morgan fingerprint density at radius 3 is 2.93 bits per heavy atom. The molecule has 2 unspecified atom stereocenters. The zero-order valence-electron chi connectivity index (χ0n) is 10.2. The molecule has 1 fully saturated rings. The Labute approximate surface area is 92.8 Å². The van der Waals surface area contributed by atoms with E-state index in [9.17, 15) is 4.79 Å². The van der Waals surface area contributed by atoms with Gasteiger partial charge in [-0.1, -0.05) is 6.92 Å². The molecular weight excluding hydrogens is 190 g/mol. The Balaban J connectivity index is 2.38. The van der Waals surface area contributed by atoms with E-state index in [0.717, 1.165) is 39.0 Å². The minimum absolute atomic E-state index is 0.0537. The van der Waals surface area contributed by atoms with Crippen LogP contribution in [-0.2, 0) is 9.53 Å². The third-order valence-electron chi connectivity index (χ3n) is 3.10. The summed E-state index contributed by atoms with van der Waals surface area (Å²) in [6.45, 7) is 8.57. The second kappa shape index (κ2) is 6.23. The Bertz CT molecular complexity index is 206. The van der Waals surface area contributed by atoms with Crippen LogP contribution in [-0.4, -0.2) is 42.5 Å². The average Bonchev–Trinajstić information content (AvgIpc) is 2.25. The zero-order valence-corrected chi connectivity index (χ0v) is 10.2. The molecule has 3 nitrogen and oxygen atoms in total. The van der Waals surface area contributed by atoms with Crippen molar-refractivity contribution in [2.75, 3.05) is 19.7 Å². The lowest BCUT2D eigenvalue weighted by Crippen LogP contribution is -2.47. The maximum absolute atomic E-state index is 11.3. The van der Waals surface area contributed by atoms with Crippen molar-refractivity contribution in [1.82, 2.24) is 4.90 Å². The van der Waals surface area contributed by atoms with Crippen LogP contribution < -0.4 is 0 Å². The highest BCUT2D eigenvalue weighted by Crippen LogP contribution is 2.16. The van der Waals surface area contributed by atoms with Gasteiger partial charge in [-0.25, -0.2) is 0 Å². The minimum Gasteiger partial charge on any atom is -0.377 e. The molecule has 1 heterocycles. The smallest absolute Gasteiger partial charge is 0.146 e. The van der Waals surface area contributed by atoms with Crippen LogP contribution >= 0.6 is 0 Å². The van der Waals surface area contributed by atoms with Crippen molar-refractivity contribution in [3.05, 3.63) is 0 Å². The molecule has 1 aliphatic heterocycles. The number of ether oxygens (including phenoxy) is 1. The number of piperidine rings is 1. The third-order valence-corrected chi connectivity index (χ3v) is 3.10. The van der Waals surface area contributed by atoms with Gasteiger partial charge in [-0.05, 0) is 39.7 Å². The van der Waals surface area contributed by atoms with Gasteiger partial charge in [-0.2, -0.15) is 0 Å². The Kier molecular flexibility index (Phi) is 5.26. The molecule has 0 aliphatic carbocycles. The van der Waals surface area contributed by atoms with Crippen LogP contribution in [0.1, 0.15) is 40.0 Å². The fourth-order valence-electron chi connectivity index (χ4n) is 2.00. The summed E-state index contributed by atoms with van der Waals surface area (Å²) in [4.78, 5) is 13.5. The van der Waals surface area contributed by atoms with E-state index in [-0.39, 0.29) is 11.8 Å². The lowest BCUT2D eigenvalue weighted by Gasteiger charge is -2.35. The summed E-state index contributed by atoms with van der Waals surface area (Å²) in [6, 6.07) is 0.0537. The van der Waals surface area contributed by atoms with Crippen LogP contribution in [0.3, 0.4) is 0 Å². The zero-order chi connectivity index (χ0) is 11.3. The first-order valence-electron chi connectivity index (χ1n) is 6.01. The van der Waals surface area contributed by atoms with Crippen molar-refractivity contribution in [2.24, 2.45) is 0 Å². The van der Waals surface area contributed by atoms with Gasteiger partial charge in [0.25, 0.3) is 0 Å². The molecular formula is C12H23NO2. The van der Waals surface area contributed by atoms with Crippen molar-refractivity contribution in [1.29, 1.82) is 0 Å². The number of carbonyl (C=O) groups is 1. The number of ketones is 1. The monoisotopic (exact) mass is 213 g/mol. The van der Waals surface area contributed by atoms with Crippen LogP contribution in [0.4, 0.5) is 0 Å². The third kappa shape index (κ3) is 3.92. The molecule has 0 aromatic rings. The first-order chi connectivity index (χ1) is 7.15. The summed E-state index contributed by atoms with van der Waals surface area (Å²) in [5.41, 5.74) is 0. The molecule has 88 valence electrons. The van der Waals surface area contributed by atoms with Gasteiger partial charge in [0.1, 0.15) is 5.78 Å². The fraction of sp³-hybridized carbons (Fsp3) is 0.917. The van der Waals surface area contributed by atoms with Gasteiger partial charge in [0, 0.05) is 13.2 Å². The van der Waals surface area contributed by atoms with Gasteiger partial charge in [0.2, 0.25) is 0 Å². The molecule has 1 rings (SSSR count). The van der Waals surface area contributed by atoms with E-state index in [1.807, 2.05) is 6.92 Å². The first-order valence-corrected chi connectivity index (χ1v) is 6.01. The molecule has 0 aromatic carbocycles. The van der Waals surface area contributed by atoms with Gasteiger partial charge in [0.05, 0.1) is 12.1 Å². The number of hydrogen-bond acceptors (Lipinski definition) is 3. The van der Waals surface area contributed by atoms with Crippen molar-refractivity contribution in [2.45, 2.75) is 52.2 Å². The van der Waals surface area contributed by atoms with Crippen LogP contribution in [0.2, 0.25) is 0 Å². The highest BCUT2D eigenvalue weighted by molar-refractivity contribution is 5.80. The van der Waals surface area contributed by atoms with Crippen molar-refractivity contribution >= 4 is 5.78 Å². The standard InChI is InChI=1S/C12H23NO2/c1-4-8-15-12-6-5-7-13(9-12)10(2)11(3)14/h10,12H,4-9H2,1-3H3. The highest BCUT2D eigenvalue weighted by Gasteiger charge is 2.25. The Morgan fingerprint density at radius 2 is 2.33 bits per heavy atom. The summed E-state index contributed by atoms with van der Waals surface area (Å²) < 4.78 is 5.74. The molecule has 0 bridgehead atoms. The van der Waals surface area contributed by atoms with E-state index < -0.39 is 0 Å². The molecule has 15 heavy (non-hydrogen) atoms. The van der Waals surface area contributed by atoms with E-state index in [0.29, 0.717) is 6.10 Å². The van der Waals surface area contributed by atoms with Crippen molar-refractivity contribution < 1.29 is 9.53 Å². The van der Waals surface area contributed by atoms with Crippen LogP contribution in [0, 0.1) is 0 Å². The lowest BCUT2D eigenvalue weighted by molar-refractivity contribution is -0.123. The number of hydrogen-bond donors (Lipinski definition) is 0. The summed E-state index contributed by atoms with van der Waals surface area (Å²) in [7, 11) is 0. The van der Waals surface area contributed by atoms with Crippen molar-refractivity contribution in [3.8, 4) is 0 Å². The predicted octanol–water partition coefficient (Wildman–Crippen LogP) is 1.85. The van der Waals surface area contributed by atoms with E-state index in [4.69, 9.17) is 4.74 Å². The second-order valence-electron chi connectivity index (χ2n) is 4.42. The lowest BCUT2D eigenvalue weighted by atomic mass is 10.0. The molecule has 0 spiro atoms. The summed E-state index contributed by atoms with van der Waals surface area (Å²) >= 11 is 0. The molecule has 0 saturated carbocycles. The normalized spacial score (nSPS) is 25.1. The number of rotatable bonds is 5. The maximum atomic E-state index is 11.3. The summed E-state index contributed by atoms with van der Waals surface area (Å²) in [5, 5.41) is 0. The van der Waals surface area contributed by atoms with Gasteiger partial charge >= 0.3 is 0 Å². The molecule has 0 amide bonds. The Hall–Kier alpha value is -0.410. The van der Waals surface area contributed by atoms with Crippen molar-refractivity contribution in [3.63, 3.8) is 0 Å². The molecule has 2 atom stereocenters. The van der Waals surface area contributed by atoms with E-state index in [1.54, 1.807) is 6.92 Å². The molecule has 0 N–H and O–H groups in total. The van der Waals surface area contributed by atoms with Crippen LogP contribution in [0.15, 0.2) is 0 Å². The molecule has 1 aliphatic rings. The largest absolute Gasteiger partial charge is 0.377 e. The number of Topliss-reactive ketones (excluding diaryl/α,β-unsaturated/α-hetero) is 1. The van der Waals surface area contributed by atoms with Gasteiger partial charge in [-0.15, -0.1) is 0 Å². The summed E-state index contributed by atoms with van der Waals surface area (Å²) in [6.07, 6.45) is 3.69. The quantitative estimate of drug-likeness (QED) is 0.698. The predicted molar refractivity (Wildman–Crippen MR) is 61.0 cm³/mol. The Morgan fingerprint density at radius 1 is 1.60 bits per heavy atom. The SMILES string of the molecule is CCCOC1CCCN(C(C)C(C)=O)C1. The number of likely N-dealkylation sites (tertiary alicyclic amines) is 1. The van der Waals surface area contributed by atoms with E-state index in [1.165, 1.54) is 0 Å². The fourth-order valence-corrected chi connectivity index (χ4v) is 2.00. The van der Waals surface area contributed by atoms with E-state index in [2.05, 4.69) is 11.8 Å². The maximum Gasteiger partial charge on any atom is 0.146 e. The van der Waals surface area contributed by atoms with E-state index >= 15 is 0 Å². The molecule has 0 aromatic heterocycles. The first kappa shape index (κ1) is 12.7. The van der Waals surface area contributed by atoms with Gasteiger partial charge in [-0.3, -0.25) is 9.69 Å². The second-order valence-corrected chi connectivity index (χ2v) is 4.42. The van der Waals surface area contributed by atoms with Gasteiger partial charge in [0.15, 0.2) is 0 Å². The number of nitrogens with zero attached hydrogens (tertiary/aromatic N) is 1. The van der Waals surface area contributed by atoms with Gasteiger partial charge < -0.3 is 4.74 Å². The minimum atomic E-state index is 0.0537. The average molecular weight is 213 g/mol. The topological polar surface area (TPSA) is 29.5 Å². The highest BCUT2D eigenvalue weighted by atomic mass is 16.5. The molecule has 1 saturated heterocycles. The molecule has 3 heteroatoms. The summed E-state index contributed by atoms with van der Waals surface area (Å²) in [5.74, 6) is 0.256. The van der Waals surface area contributed by atoms with Crippen LogP contribution in [0.5, 0.6) is 0 Å². The molecule has 0 radical (unpaired) electrons. The number of carbonyl (C=O) groups excluding carboxylic acids is 1. The van der Waals surface area contributed by atoms with Crippen LogP contribution in [0.25, 0.3) is 0 Å².